The number of aromatic nitrogens is 1. The van der Waals surface area contributed by atoms with E-state index in [4.69, 9.17) is 9.47 Å². The van der Waals surface area contributed by atoms with E-state index < -0.39 is 6.10 Å². The van der Waals surface area contributed by atoms with Crippen LogP contribution in [0.2, 0.25) is 0 Å². The van der Waals surface area contributed by atoms with E-state index in [1.165, 1.54) is 0 Å². The Kier molecular flexibility index (Phi) is 3.91. The van der Waals surface area contributed by atoms with Crippen molar-refractivity contribution < 1.29 is 14.3 Å². The van der Waals surface area contributed by atoms with Crippen LogP contribution in [0.15, 0.2) is 55.2 Å². The summed E-state index contributed by atoms with van der Waals surface area (Å²) < 4.78 is 11.1. The quantitative estimate of drug-likeness (QED) is 0.837. The smallest absolute Gasteiger partial charge is 0.282 e. The molecule has 2 heterocycles. The van der Waals surface area contributed by atoms with Gasteiger partial charge in [-0.1, -0.05) is 24.8 Å². The Balaban J connectivity index is 1.56. The summed E-state index contributed by atoms with van der Waals surface area (Å²) in [4.78, 5) is 16.2. The number of carbonyl (C=O) groups excluding carboxylic acids is 1. The normalized spacial score (nSPS) is 15.7. The van der Waals surface area contributed by atoms with Gasteiger partial charge in [-0.3, -0.25) is 20.6 Å². The van der Waals surface area contributed by atoms with Crippen LogP contribution in [0.25, 0.3) is 5.70 Å². The maximum atomic E-state index is 12.1. The minimum Gasteiger partial charge on any atom is -0.485 e. The summed E-state index contributed by atoms with van der Waals surface area (Å²) >= 11 is 0. The van der Waals surface area contributed by atoms with Crippen molar-refractivity contribution in [3.05, 3.63) is 60.9 Å². The largest absolute Gasteiger partial charge is 0.485 e. The highest BCUT2D eigenvalue weighted by Gasteiger charge is 2.27. The molecule has 0 bridgehead atoms. The lowest BCUT2D eigenvalue weighted by Gasteiger charge is -2.25. The molecule has 1 aliphatic rings. The first-order chi connectivity index (χ1) is 10.7. The number of hydrazine groups is 1. The number of hydrogen-bond donors (Lipinski definition) is 2. The number of nitrogens with zero attached hydrogens (tertiary/aromatic N) is 1. The number of carbonyl (C=O) groups is 1. The lowest BCUT2D eigenvalue weighted by molar-refractivity contribution is -0.131. The lowest BCUT2D eigenvalue weighted by atomic mass is 10.2. The SMILES string of the molecule is C=C(NNC(=O)[C@H]1COc2ccccc2O1)c1ccccn1. The average Bonchev–Trinajstić information content (AvgIpc) is 2.59. The molecule has 2 N–H and O–H groups in total. The summed E-state index contributed by atoms with van der Waals surface area (Å²) in [6, 6.07) is 12.7. The second-order valence-electron chi connectivity index (χ2n) is 4.67. The maximum absolute atomic E-state index is 12.1. The van der Waals surface area contributed by atoms with Gasteiger partial charge in [-0.2, -0.15) is 0 Å². The Morgan fingerprint density at radius 2 is 1.91 bits per heavy atom. The third-order valence-corrected chi connectivity index (χ3v) is 3.11. The molecule has 1 amide bonds. The molecule has 1 aromatic carbocycles. The zero-order valence-corrected chi connectivity index (χ0v) is 11.8. The maximum Gasteiger partial charge on any atom is 0.282 e. The van der Waals surface area contributed by atoms with Crippen molar-refractivity contribution in [1.29, 1.82) is 0 Å². The number of amides is 1. The first-order valence-electron chi connectivity index (χ1n) is 6.79. The molecule has 1 atom stereocenters. The molecule has 0 saturated heterocycles. The zero-order chi connectivity index (χ0) is 15.4. The number of nitrogens with one attached hydrogen (secondary N) is 2. The molecule has 0 radical (unpaired) electrons. The van der Waals surface area contributed by atoms with E-state index in [1.807, 2.05) is 18.2 Å². The van der Waals surface area contributed by atoms with E-state index in [2.05, 4.69) is 22.4 Å². The fraction of sp³-hybridized carbons (Fsp3) is 0.125. The van der Waals surface area contributed by atoms with Crippen LogP contribution in [-0.2, 0) is 4.79 Å². The molecule has 0 aliphatic carbocycles. The molecular weight excluding hydrogens is 282 g/mol. The molecule has 6 heteroatoms. The van der Waals surface area contributed by atoms with Gasteiger partial charge in [0.05, 0.1) is 11.4 Å². The molecule has 0 saturated carbocycles. The number of fused-ring (bicyclic) bond motifs is 1. The van der Waals surface area contributed by atoms with Gasteiger partial charge in [0, 0.05) is 6.20 Å². The summed E-state index contributed by atoms with van der Waals surface area (Å²) in [5, 5.41) is 0. The highest BCUT2D eigenvalue weighted by Crippen LogP contribution is 2.30. The van der Waals surface area contributed by atoms with Gasteiger partial charge in [-0.05, 0) is 24.3 Å². The van der Waals surface area contributed by atoms with E-state index in [-0.39, 0.29) is 12.5 Å². The van der Waals surface area contributed by atoms with Crippen molar-refractivity contribution >= 4 is 11.6 Å². The van der Waals surface area contributed by atoms with E-state index in [0.717, 1.165) is 0 Å². The summed E-state index contributed by atoms with van der Waals surface area (Å²) in [6.07, 6.45) is 0.929. The second kappa shape index (κ2) is 6.17. The molecule has 0 fully saturated rings. The van der Waals surface area contributed by atoms with E-state index in [1.54, 1.807) is 30.5 Å². The van der Waals surface area contributed by atoms with Crippen LogP contribution < -0.4 is 20.3 Å². The third-order valence-electron chi connectivity index (χ3n) is 3.11. The summed E-state index contributed by atoms with van der Waals surface area (Å²) in [6.45, 7) is 3.97. The van der Waals surface area contributed by atoms with Crippen molar-refractivity contribution in [1.82, 2.24) is 15.8 Å². The Labute approximate surface area is 127 Å². The monoisotopic (exact) mass is 297 g/mol. The van der Waals surface area contributed by atoms with Crippen LogP contribution in [0, 0.1) is 0 Å². The van der Waals surface area contributed by atoms with Gasteiger partial charge in [0.1, 0.15) is 6.61 Å². The van der Waals surface area contributed by atoms with Crippen molar-refractivity contribution in [2.75, 3.05) is 6.61 Å². The molecular formula is C16H15N3O3. The molecule has 0 unspecified atom stereocenters. The van der Waals surface area contributed by atoms with Gasteiger partial charge < -0.3 is 9.47 Å². The highest BCUT2D eigenvalue weighted by molar-refractivity contribution is 5.82. The van der Waals surface area contributed by atoms with Gasteiger partial charge in [-0.25, -0.2) is 0 Å². The molecule has 1 aliphatic heterocycles. The van der Waals surface area contributed by atoms with E-state index >= 15 is 0 Å². The molecule has 112 valence electrons. The minimum absolute atomic E-state index is 0.153. The number of hydrogen-bond acceptors (Lipinski definition) is 5. The molecule has 3 rings (SSSR count). The van der Waals surface area contributed by atoms with Crippen molar-refractivity contribution in [2.24, 2.45) is 0 Å². The van der Waals surface area contributed by atoms with Crippen LogP contribution in [0.5, 0.6) is 11.5 Å². The number of rotatable bonds is 4. The predicted molar refractivity (Wildman–Crippen MR) is 80.9 cm³/mol. The lowest BCUT2D eigenvalue weighted by Crippen LogP contribution is -2.48. The summed E-state index contributed by atoms with van der Waals surface area (Å²) in [7, 11) is 0. The van der Waals surface area contributed by atoms with Crippen molar-refractivity contribution in [3.63, 3.8) is 0 Å². The standard InChI is InChI=1S/C16H15N3O3/c1-11(12-6-4-5-9-17-12)18-19-16(20)15-10-21-13-7-2-3-8-14(13)22-15/h2-9,15,18H,1,10H2,(H,19,20)/t15-/m1/s1. The molecule has 6 nitrogen and oxygen atoms in total. The van der Waals surface area contributed by atoms with Gasteiger partial charge >= 0.3 is 0 Å². The number of ether oxygens (including phenoxy) is 2. The number of pyridine rings is 1. The predicted octanol–water partition coefficient (Wildman–Crippen LogP) is 1.51. The van der Waals surface area contributed by atoms with Crippen molar-refractivity contribution in [2.45, 2.75) is 6.10 Å². The Hall–Kier alpha value is -3.02. The Morgan fingerprint density at radius 3 is 2.68 bits per heavy atom. The van der Waals surface area contributed by atoms with Crippen LogP contribution >= 0.6 is 0 Å². The fourth-order valence-electron chi connectivity index (χ4n) is 1.97. The first kappa shape index (κ1) is 13.9. The van der Waals surface area contributed by atoms with Gasteiger partial charge in [0.15, 0.2) is 11.5 Å². The fourth-order valence-corrected chi connectivity index (χ4v) is 1.97. The van der Waals surface area contributed by atoms with E-state index in [9.17, 15) is 4.79 Å². The molecule has 1 aromatic heterocycles. The molecule has 2 aromatic rings. The highest BCUT2D eigenvalue weighted by atomic mass is 16.6. The van der Waals surface area contributed by atoms with Crippen LogP contribution in [-0.4, -0.2) is 23.6 Å². The van der Waals surface area contributed by atoms with Gasteiger partial charge in [0.2, 0.25) is 6.10 Å². The second-order valence-corrected chi connectivity index (χ2v) is 4.67. The third kappa shape index (κ3) is 3.01. The molecule has 22 heavy (non-hydrogen) atoms. The number of para-hydroxylation sites is 2. The average molecular weight is 297 g/mol. The van der Waals surface area contributed by atoms with Crippen LogP contribution in [0.3, 0.4) is 0 Å². The topological polar surface area (TPSA) is 72.5 Å². The Bertz CT molecular complexity index is 688. The van der Waals surface area contributed by atoms with Gasteiger partial charge in [-0.15, -0.1) is 0 Å². The van der Waals surface area contributed by atoms with E-state index in [0.29, 0.717) is 22.9 Å². The zero-order valence-electron chi connectivity index (χ0n) is 11.8. The Morgan fingerprint density at radius 1 is 1.14 bits per heavy atom. The summed E-state index contributed by atoms with van der Waals surface area (Å²) in [5.41, 5.74) is 6.41. The first-order valence-corrected chi connectivity index (χ1v) is 6.79. The number of benzene rings is 1. The van der Waals surface area contributed by atoms with Crippen molar-refractivity contribution in [3.8, 4) is 11.5 Å². The summed E-state index contributed by atoms with van der Waals surface area (Å²) in [5.74, 6) is 0.849. The van der Waals surface area contributed by atoms with Crippen LogP contribution in [0.4, 0.5) is 0 Å². The minimum atomic E-state index is -0.723. The van der Waals surface area contributed by atoms with Gasteiger partial charge in [0.25, 0.3) is 5.91 Å². The van der Waals surface area contributed by atoms with Crippen LogP contribution in [0.1, 0.15) is 5.69 Å². The molecule has 0 spiro atoms.